The highest BCUT2D eigenvalue weighted by atomic mass is 16.3. The van der Waals surface area contributed by atoms with Crippen LogP contribution in [0.3, 0.4) is 0 Å². The van der Waals surface area contributed by atoms with E-state index in [-0.39, 0.29) is 0 Å². The molecule has 1 fully saturated rings. The van der Waals surface area contributed by atoms with Crippen molar-refractivity contribution >= 4 is 0 Å². The summed E-state index contributed by atoms with van der Waals surface area (Å²) in [5.74, 6) is 2.37. The fourth-order valence-electron chi connectivity index (χ4n) is 3.46. The van der Waals surface area contributed by atoms with E-state index >= 15 is 0 Å². The van der Waals surface area contributed by atoms with E-state index in [0.717, 1.165) is 44.0 Å². The molecule has 5 heteroatoms. The Morgan fingerprint density at radius 1 is 1.25 bits per heavy atom. The third kappa shape index (κ3) is 2.88. The van der Waals surface area contributed by atoms with Gasteiger partial charge < -0.3 is 10.0 Å². The third-order valence-electron chi connectivity index (χ3n) is 4.64. The summed E-state index contributed by atoms with van der Waals surface area (Å²) < 4.78 is 1.91. The first-order chi connectivity index (χ1) is 9.63. The number of aliphatic hydroxyl groups excluding tert-OH is 1. The van der Waals surface area contributed by atoms with Crippen LogP contribution in [0.4, 0.5) is 0 Å². The zero-order valence-corrected chi connectivity index (χ0v) is 12.6. The summed E-state index contributed by atoms with van der Waals surface area (Å²) in [6.45, 7) is 7.82. The molecule has 2 aliphatic rings. The smallest absolute Gasteiger partial charge is 0.156 e. The van der Waals surface area contributed by atoms with Gasteiger partial charge in [0.25, 0.3) is 0 Å². The van der Waals surface area contributed by atoms with Crippen molar-refractivity contribution in [3.8, 4) is 0 Å². The summed E-state index contributed by atoms with van der Waals surface area (Å²) in [5.41, 5.74) is 0. The molecule has 0 saturated carbocycles. The van der Waals surface area contributed by atoms with Crippen molar-refractivity contribution < 1.29 is 5.11 Å². The molecule has 2 atom stereocenters. The molecule has 1 aromatic heterocycles. The number of fused-ring (bicyclic) bond motifs is 1. The molecule has 0 spiro atoms. The van der Waals surface area contributed by atoms with E-state index in [1.165, 1.54) is 19.4 Å². The number of aliphatic hydroxyl groups is 1. The van der Waals surface area contributed by atoms with Crippen molar-refractivity contribution in [2.75, 3.05) is 13.1 Å². The minimum absolute atomic E-state index is 0.413. The molecule has 3 heterocycles. The number of hydrogen-bond donors (Lipinski definition) is 1. The molecule has 112 valence electrons. The van der Waals surface area contributed by atoms with Crippen molar-refractivity contribution in [2.45, 2.75) is 64.6 Å². The summed E-state index contributed by atoms with van der Waals surface area (Å²) in [5, 5.41) is 14.6. The lowest BCUT2D eigenvalue weighted by Gasteiger charge is -2.35. The van der Waals surface area contributed by atoms with E-state index in [1.54, 1.807) is 0 Å². The van der Waals surface area contributed by atoms with Crippen molar-refractivity contribution in [1.29, 1.82) is 0 Å². The highest BCUT2D eigenvalue weighted by Crippen LogP contribution is 2.25. The van der Waals surface area contributed by atoms with Crippen molar-refractivity contribution in [1.82, 2.24) is 19.7 Å². The molecule has 1 N–H and O–H groups in total. The van der Waals surface area contributed by atoms with E-state index in [0.29, 0.717) is 12.0 Å². The molecule has 0 aromatic carbocycles. The summed E-state index contributed by atoms with van der Waals surface area (Å²) >= 11 is 0. The molecule has 1 saturated heterocycles. The van der Waals surface area contributed by atoms with Gasteiger partial charge in [0.15, 0.2) is 11.6 Å². The minimum Gasteiger partial charge on any atom is -0.385 e. The summed E-state index contributed by atoms with van der Waals surface area (Å²) in [6, 6.07) is 0.628. The number of piperidine rings is 1. The van der Waals surface area contributed by atoms with Gasteiger partial charge in [0.1, 0.15) is 6.10 Å². The fourth-order valence-corrected chi connectivity index (χ4v) is 3.46. The Balaban J connectivity index is 1.66. The van der Waals surface area contributed by atoms with Gasteiger partial charge in [0.2, 0.25) is 0 Å². The summed E-state index contributed by atoms with van der Waals surface area (Å²) in [6.07, 6.45) is 4.91. The van der Waals surface area contributed by atoms with Crippen molar-refractivity contribution in [3.05, 3.63) is 11.6 Å². The second kappa shape index (κ2) is 5.82. The van der Waals surface area contributed by atoms with Crippen molar-refractivity contribution in [3.63, 3.8) is 0 Å². The zero-order chi connectivity index (χ0) is 14.1. The Labute approximate surface area is 121 Å². The maximum atomic E-state index is 9.96. The van der Waals surface area contributed by atoms with Crippen LogP contribution in [0.1, 0.15) is 57.3 Å². The van der Waals surface area contributed by atoms with Crippen LogP contribution >= 0.6 is 0 Å². The number of aromatic nitrogens is 3. The van der Waals surface area contributed by atoms with E-state index in [4.69, 9.17) is 0 Å². The average Bonchev–Trinajstić information content (AvgIpc) is 2.83. The molecule has 5 nitrogen and oxygen atoms in total. The SMILES string of the molecule is CC(C)N1CCCC(Cc2nc3n(n2)CCCC3O)C1. The topological polar surface area (TPSA) is 54.2 Å². The first-order valence-electron chi connectivity index (χ1n) is 7.99. The van der Waals surface area contributed by atoms with Crippen LogP contribution in [0, 0.1) is 5.92 Å². The maximum Gasteiger partial charge on any atom is 0.156 e. The number of rotatable bonds is 3. The van der Waals surface area contributed by atoms with Gasteiger partial charge in [-0.15, -0.1) is 0 Å². The Hall–Kier alpha value is -0.940. The fraction of sp³-hybridized carbons (Fsp3) is 0.867. The molecule has 20 heavy (non-hydrogen) atoms. The lowest BCUT2D eigenvalue weighted by molar-refractivity contribution is 0.130. The second-order valence-corrected chi connectivity index (χ2v) is 6.57. The monoisotopic (exact) mass is 278 g/mol. The Bertz CT molecular complexity index is 457. The van der Waals surface area contributed by atoms with E-state index in [9.17, 15) is 5.11 Å². The molecular formula is C15H26N4O. The molecule has 2 aliphatic heterocycles. The maximum absolute atomic E-state index is 9.96. The lowest BCUT2D eigenvalue weighted by atomic mass is 9.94. The van der Waals surface area contributed by atoms with Gasteiger partial charge in [-0.25, -0.2) is 9.67 Å². The standard InChI is InChI=1S/C15H26N4O/c1-11(2)18-7-3-5-12(10-18)9-14-16-15-13(20)6-4-8-19(15)17-14/h11-13,20H,3-10H2,1-2H3. The van der Waals surface area contributed by atoms with Gasteiger partial charge in [-0.2, -0.15) is 5.10 Å². The van der Waals surface area contributed by atoms with Gasteiger partial charge in [0.05, 0.1) is 0 Å². The average molecular weight is 278 g/mol. The second-order valence-electron chi connectivity index (χ2n) is 6.57. The molecule has 0 aliphatic carbocycles. The van der Waals surface area contributed by atoms with Gasteiger partial charge >= 0.3 is 0 Å². The Morgan fingerprint density at radius 2 is 2.05 bits per heavy atom. The largest absolute Gasteiger partial charge is 0.385 e. The van der Waals surface area contributed by atoms with Crippen LogP contribution in [0.15, 0.2) is 0 Å². The normalized spacial score (nSPS) is 27.8. The number of aryl methyl sites for hydroxylation is 1. The molecule has 0 amide bonds. The molecule has 0 bridgehead atoms. The predicted molar refractivity (Wildman–Crippen MR) is 77.4 cm³/mol. The van der Waals surface area contributed by atoms with Gasteiger partial charge in [-0.3, -0.25) is 0 Å². The predicted octanol–water partition coefficient (Wildman–Crippen LogP) is 1.77. The van der Waals surface area contributed by atoms with Crippen LogP contribution in [-0.2, 0) is 13.0 Å². The number of hydrogen-bond acceptors (Lipinski definition) is 4. The summed E-state index contributed by atoms with van der Waals surface area (Å²) in [7, 11) is 0. The molecule has 2 unspecified atom stereocenters. The van der Waals surface area contributed by atoms with E-state index in [2.05, 4.69) is 28.8 Å². The summed E-state index contributed by atoms with van der Waals surface area (Å²) in [4.78, 5) is 7.13. The third-order valence-corrected chi connectivity index (χ3v) is 4.64. The molecule has 1 aromatic rings. The number of nitrogens with zero attached hydrogens (tertiary/aromatic N) is 4. The van der Waals surface area contributed by atoms with Gasteiger partial charge in [0, 0.05) is 25.6 Å². The lowest BCUT2D eigenvalue weighted by Crippen LogP contribution is -2.40. The molecule has 0 radical (unpaired) electrons. The van der Waals surface area contributed by atoms with Crippen molar-refractivity contribution in [2.24, 2.45) is 5.92 Å². The minimum atomic E-state index is -0.413. The Morgan fingerprint density at radius 3 is 2.80 bits per heavy atom. The van der Waals surface area contributed by atoms with Crippen LogP contribution < -0.4 is 0 Å². The first kappa shape index (κ1) is 14.0. The molecular weight excluding hydrogens is 252 g/mol. The van der Waals surface area contributed by atoms with Crippen LogP contribution in [-0.4, -0.2) is 43.9 Å². The Kier molecular flexibility index (Phi) is 4.08. The first-order valence-corrected chi connectivity index (χ1v) is 7.99. The highest BCUT2D eigenvalue weighted by Gasteiger charge is 2.26. The van der Waals surface area contributed by atoms with Gasteiger partial charge in [-0.1, -0.05) is 0 Å². The van der Waals surface area contributed by atoms with Gasteiger partial charge in [-0.05, 0) is 52.0 Å². The molecule has 3 rings (SSSR count). The highest BCUT2D eigenvalue weighted by molar-refractivity contribution is 5.00. The number of likely N-dealkylation sites (tertiary alicyclic amines) is 1. The quantitative estimate of drug-likeness (QED) is 0.915. The van der Waals surface area contributed by atoms with E-state index < -0.39 is 6.10 Å². The van der Waals surface area contributed by atoms with Crippen LogP contribution in [0.25, 0.3) is 0 Å². The van der Waals surface area contributed by atoms with E-state index in [1.807, 2.05) is 4.68 Å². The van der Waals surface area contributed by atoms with Crippen LogP contribution in [0.5, 0.6) is 0 Å². The zero-order valence-electron chi connectivity index (χ0n) is 12.6. The van der Waals surface area contributed by atoms with Crippen LogP contribution in [0.2, 0.25) is 0 Å².